The number of benzene rings is 1. The summed E-state index contributed by atoms with van der Waals surface area (Å²) in [5.74, 6) is -0.465. The van der Waals surface area contributed by atoms with Crippen LogP contribution in [-0.4, -0.2) is 26.5 Å². The van der Waals surface area contributed by atoms with Crippen molar-refractivity contribution in [3.8, 4) is 0 Å². The van der Waals surface area contributed by atoms with Crippen LogP contribution < -0.4 is 4.48 Å². The van der Waals surface area contributed by atoms with Crippen molar-refractivity contribution in [1.82, 2.24) is 4.48 Å². The van der Waals surface area contributed by atoms with Gasteiger partial charge in [-0.15, -0.1) is 0 Å². The van der Waals surface area contributed by atoms with Gasteiger partial charge in [-0.05, 0) is 6.92 Å². The van der Waals surface area contributed by atoms with E-state index in [1.165, 1.54) is 20.5 Å². The van der Waals surface area contributed by atoms with E-state index in [-0.39, 0.29) is 4.48 Å². The van der Waals surface area contributed by atoms with Gasteiger partial charge in [-0.3, -0.25) is 0 Å². The average molecular weight is 273 g/mol. The highest BCUT2D eigenvalue weighted by Crippen LogP contribution is 2.34. The highest BCUT2D eigenvalue weighted by molar-refractivity contribution is 5.99. The number of rotatable bonds is 4. The van der Waals surface area contributed by atoms with Gasteiger partial charge in [0.05, 0.1) is 20.4 Å². The van der Waals surface area contributed by atoms with Crippen LogP contribution >= 0.6 is 0 Å². The Bertz CT molecular complexity index is 591. The number of methoxy groups -OCH3 is 2. The summed E-state index contributed by atoms with van der Waals surface area (Å²) in [6, 6.07) is 7.80. The van der Waals surface area contributed by atoms with Crippen LogP contribution in [0.2, 0.25) is 0 Å². The van der Waals surface area contributed by atoms with Gasteiger partial charge in [-0.1, -0.05) is 18.2 Å². The van der Waals surface area contributed by atoms with Gasteiger partial charge in [0.2, 0.25) is 6.34 Å². The predicted molar refractivity (Wildman–Crippen MR) is 77.7 cm³/mol. The Labute approximate surface area is 118 Å². The van der Waals surface area contributed by atoms with Gasteiger partial charge in [-0.2, -0.15) is 4.48 Å². The van der Waals surface area contributed by atoms with Crippen molar-refractivity contribution in [2.45, 2.75) is 6.92 Å². The first kappa shape index (κ1) is 14.0. The standard InChI is InChI=1S/C15H17N2O3/c1-12-6-4-5-7-13(12)17(9-8-16-11-17)14(10-19-2)15(18)20-3/h4-11H,1-3H3/q+1. The fraction of sp³-hybridized carbons (Fsp3) is 0.200. The number of hydrogen-bond acceptors (Lipinski definition) is 4. The fourth-order valence-corrected chi connectivity index (χ4v) is 2.22. The first-order valence-electron chi connectivity index (χ1n) is 6.14. The number of ether oxygens (including phenoxy) is 2. The van der Waals surface area contributed by atoms with Crippen molar-refractivity contribution >= 4 is 18.0 Å². The van der Waals surface area contributed by atoms with Crippen LogP contribution in [0.5, 0.6) is 0 Å². The van der Waals surface area contributed by atoms with Crippen molar-refractivity contribution in [2.75, 3.05) is 14.2 Å². The maximum absolute atomic E-state index is 12.1. The largest absolute Gasteiger partial charge is 0.498 e. The van der Waals surface area contributed by atoms with Crippen molar-refractivity contribution in [3.63, 3.8) is 0 Å². The van der Waals surface area contributed by atoms with Gasteiger partial charge in [0.15, 0.2) is 11.9 Å². The topological polar surface area (TPSA) is 47.9 Å². The molecule has 0 saturated heterocycles. The number of carbonyl (C=O) groups excluding carboxylic acids is 1. The fourth-order valence-electron chi connectivity index (χ4n) is 2.22. The van der Waals surface area contributed by atoms with Crippen LogP contribution in [0.3, 0.4) is 0 Å². The van der Waals surface area contributed by atoms with Crippen LogP contribution in [0.25, 0.3) is 0 Å². The van der Waals surface area contributed by atoms with Gasteiger partial charge in [0, 0.05) is 11.6 Å². The third kappa shape index (κ3) is 2.23. The van der Waals surface area contributed by atoms with E-state index in [9.17, 15) is 4.79 Å². The number of aryl methyl sites for hydroxylation is 1. The van der Waals surface area contributed by atoms with Gasteiger partial charge >= 0.3 is 5.97 Å². The minimum atomic E-state index is -0.465. The maximum Gasteiger partial charge on any atom is 0.397 e. The summed E-state index contributed by atoms with van der Waals surface area (Å²) in [6.45, 7) is 1.98. The first-order chi connectivity index (χ1) is 9.65. The van der Waals surface area contributed by atoms with Crippen molar-refractivity contribution in [1.29, 1.82) is 0 Å². The SMILES string of the molecule is COC=C(C(=O)OC)[N+]1(c2ccccc2C)C=CN=C1. The van der Waals surface area contributed by atoms with E-state index in [4.69, 9.17) is 9.47 Å². The molecule has 0 spiro atoms. The third-order valence-corrected chi connectivity index (χ3v) is 3.17. The van der Waals surface area contributed by atoms with Crippen LogP contribution in [0.15, 0.2) is 53.6 Å². The maximum atomic E-state index is 12.1. The molecule has 1 atom stereocenters. The molecule has 1 aromatic rings. The summed E-state index contributed by atoms with van der Waals surface area (Å²) < 4.78 is 9.97. The molecule has 0 aliphatic carbocycles. The van der Waals surface area contributed by atoms with E-state index >= 15 is 0 Å². The molecule has 1 aromatic carbocycles. The molecule has 2 rings (SSSR count). The van der Waals surface area contributed by atoms with Crippen LogP contribution in [-0.2, 0) is 14.3 Å². The Balaban J connectivity index is 2.65. The molecule has 0 saturated carbocycles. The number of quaternary nitrogens is 1. The molecule has 1 unspecified atom stereocenters. The van der Waals surface area contributed by atoms with Crippen molar-refractivity contribution in [3.05, 3.63) is 54.2 Å². The van der Waals surface area contributed by atoms with E-state index in [2.05, 4.69) is 4.99 Å². The molecule has 0 fully saturated rings. The molecule has 20 heavy (non-hydrogen) atoms. The normalized spacial score (nSPS) is 21.1. The molecular formula is C15H17N2O3+. The molecule has 5 heteroatoms. The van der Waals surface area contributed by atoms with Crippen LogP contribution in [0.1, 0.15) is 5.56 Å². The van der Waals surface area contributed by atoms with Crippen molar-refractivity contribution < 1.29 is 14.3 Å². The van der Waals surface area contributed by atoms with Crippen LogP contribution in [0, 0.1) is 6.92 Å². The zero-order valence-electron chi connectivity index (χ0n) is 11.7. The minimum Gasteiger partial charge on any atom is -0.498 e. The highest BCUT2D eigenvalue weighted by Gasteiger charge is 2.41. The first-order valence-corrected chi connectivity index (χ1v) is 6.14. The monoisotopic (exact) mass is 273 g/mol. The second-order valence-electron chi connectivity index (χ2n) is 4.36. The third-order valence-electron chi connectivity index (χ3n) is 3.17. The zero-order valence-corrected chi connectivity index (χ0v) is 11.7. The Morgan fingerprint density at radius 3 is 2.60 bits per heavy atom. The molecule has 1 aliphatic rings. The Morgan fingerprint density at radius 1 is 1.30 bits per heavy atom. The van der Waals surface area contributed by atoms with E-state index in [1.807, 2.05) is 37.4 Å². The molecule has 1 aliphatic heterocycles. The van der Waals surface area contributed by atoms with Crippen LogP contribution in [0.4, 0.5) is 5.69 Å². The van der Waals surface area contributed by atoms with E-state index in [1.54, 1.807) is 12.5 Å². The molecule has 0 bridgehead atoms. The lowest BCUT2D eigenvalue weighted by Gasteiger charge is -2.28. The number of aliphatic imine (C=N–C) groups is 1. The summed E-state index contributed by atoms with van der Waals surface area (Å²) in [5, 5.41) is 0. The molecule has 104 valence electrons. The lowest BCUT2D eigenvalue weighted by Crippen LogP contribution is -2.44. The summed E-state index contributed by atoms with van der Waals surface area (Å²) >= 11 is 0. The summed E-state index contributed by atoms with van der Waals surface area (Å²) in [4.78, 5) is 16.2. The summed E-state index contributed by atoms with van der Waals surface area (Å²) in [5.41, 5.74) is 2.29. The molecule has 0 aromatic heterocycles. The average Bonchev–Trinajstić information content (AvgIpc) is 2.94. The summed E-state index contributed by atoms with van der Waals surface area (Å²) in [6.07, 6.45) is 6.52. The second kappa shape index (κ2) is 5.71. The minimum absolute atomic E-state index is 0.0488. The van der Waals surface area contributed by atoms with Gasteiger partial charge in [0.1, 0.15) is 6.20 Å². The Hall–Kier alpha value is -2.40. The quantitative estimate of drug-likeness (QED) is 0.366. The zero-order chi connectivity index (χ0) is 14.6. The van der Waals surface area contributed by atoms with E-state index in [0.717, 1.165) is 11.3 Å². The molecule has 0 amide bonds. The number of esters is 1. The van der Waals surface area contributed by atoms with E-state index in [0.29, 0.717) is 5.70 Å². The number of hydrogen-bond donors (Lipinski definition) is 0. The lowest BCUT2D eigenvalue weighted by molar-refractivity contribution is -0.137. The summed E-state index contributed by atoms with van der Waals surface area (Å²) in [7, 11) is 2.84. The lowest BCUT2D eigenvalue weighted by atomic mass is 10.1. The Morgan fingerprint density at radius 2 is 2.05 bits per heavy atom. The molecule has 0 N–H and O–H groups in total. The van der Waals surface area contributed by atoms with Crippen molar-refractivity contribution in [2.24, 2.45) is 4.99 Å². The molecular weight excluding hydrogens is 256 g/mol. The molecule has 1 heterocycles. The van der Waals surface area contributed by atoms with Gasteiger partial charge < -0.3 is 9.47 Å². The number of para-hydroxylation sites is 1. The highest BCUT2D eigenvalue weighted by atomic mass is 16.5. The van der Waals surface area contributed by atoms with E-state index < -0.39 is 5.97 Å². The second-order valence-corrected chi connectivity index (χ2v) is 4.36. The Kier molecular flexibility index (Phi) is 4.00. The smallest absolute Gasteiger partial charge is 0.397 e. The molecule has 5 nitrogen and oxygen atoms in total. The molecule has 0 radical (unpaired) electrons. The number of carbonyl (C=O) groups is 1. The predicted octanol–water partition coefficient (Wildman–Crippen LogP) is 2.48. The number of nitrogens with zero attached hydrogens (tertiary/aromatic N) is 2. The van der Waals surface area contributed by atoms with Gasteiger partial charge in [0.25, 0.3) is 5.70 Å². The van der Waals surface area contributed by atoms with Gasteiger partial charge in [-0.25, -0.2) is 9.79 Å².